The lowest BCUT2D eigenvalue weighted by molar-refractivity contribution is 0.579. The number of sulfonamides is 1. The minimum absolute atomic E-state index is 0.0410. The van der Waals surface area contributed by atoms with Gasteiger partial charge in [0.2, 0.25) is 10.0 Å². The van der Waals surface area contributed by atoms with Gasteiger partial charge in [-0.25, -0.2) is 13.1 Å². The van der Waals surface area contributed by atoms with E-state index in [1.54, 1.807) is 6.07 Å². The van der Waals surface area contributed by atoms with Crippen LogP contribution >= 0.6 is 27.5 Å². The SMILES string of the molecule is N#CCCCNS(=O)(=O)c1ccc(Br)cc1Cl. The minimum atomic E-state index is -3.60. The van der Waals surface area contributed by atoms with Gasteiger partial charge < -0.3 is 0 Å². The number of halogens is 2. The van der Waals surface area contributed by atoms with Gasteiger partial charge in [0.15, 0.2) is 0 Å². The van der Waals surface area contributed by atoms with Gasteiger partial charge >= 0.3 is 0 Å². The van der Waals surface area contributed by atoms with Gasteiger partial charge in [-0.3, -0.25) is 0 Å². The van der Waals surface area contributed by atoms with E-state index in [1.807, 2.05) is 6.07 Å². The van der Waals surface area contributed by atoms with Crippen molar-refractivity contribution in [1.29, 1.82) is 5.26 Å². The molecular weight excluding hydrogens is 328 g/mol. The van der Waals surface area contributed by atoms with Crippen LogP contribution < -0.4 is 4.72 Å². The molecular formula is C10H10BrClN2O2S. The molecule has 92 valence electrons. The van der Waals surface area contributed by atoms with Crippen LogP contribution in [0.5, 0.6) is 0 Å². The zero-order chi connectivity index (χ0) is 12.9. The normalized spacial score (nSPS) is 11.1. The van der Waals surface area contributed by atoms with Gasteiger partial charge in [-0.2, -0.15) is 5.26 Å². The highest BCUT2D eigenvalue weighted by Gasteiger charge is 2.17. The van der Waals surface area contributed by atoms with E-state index in [0.29, 0.717) is 17.3 Å². The molecule has 0 unspecified atom stereocenters. The van der Waals surface area contributed by atoms with Crippen LogP contribution in [0.2, 0.25) is 5.02 Å². The molecule has 0 aliphatic heterocycles. The molecule has 1 rings (SSSR count). The summed E-state index contributed by atoms with van der Waals surface area (Å²) in [7, 11) is -3.60. The summed E-state index contributed by atoms with van der Waals surface area (Å²) < 4.78 is 26.8. The van der Waals surface area contributed by atoms with Gasteiger partial charge in [0.25, 0.3) is 0 Å². The molecule has 0 aromatic heterocycles. The Kier molecular flexibility index (Phi) is 5.40. The topological polar surface area (TPSA) is 70.0 Å². The molecule has 1 aromatic carbocycles. The third-order valence-electron chi connectivity index (χ3n) is 1.94. The summed E-state index contributed by atoms with van der Waals surface area (Å²) in [6.07, 6.45) is 0.792. The Morgan fingerprint density at radius 2 is 2.18 bits per heavy atom. The van der Waals surface area contributed by atoms with E-state index in [2.05, 4.69) is 20.7 Å². The predicted molar refractivity (Wildman–Crippen MR) is 69.2 cm³/mol. The molecule has 0 saturated heterocycles. The molecule has 7 heteroatoms. The van der Waals surface area contributed by atoms with Crippen molar-refractivity contribution in [2.45, 2.75) is 17.7 Å². The number of nitrogens with one attached hydrogen (secondary N) is 1. The minimum Gasteiger partial charge on any atom is -0.211 e. The Bertz CT molecular complexity index is 540. The number of hydrogen-bond acceptors (Lipinski definition) is 3. The zero-order valence-corrected chi connectivity index (χ0v) is 11.9. The molecule has 0 amide bonds. The van der Waals surface area contributed by atoms with E-state index < -0.39 is 10.0 Å². The molecule has 0 saturated carbocycles. The number of benzene rings is 1. The highest BCUT2D eigenvalue weighted by Crippen LogP contribution is 2.24. The summed E-state index contributed by atoms with van der Waals surface area (Å²) in [5.74, 6) is 0. The van der Waals surface area contributed by atoms with Gasteiger partial charge in [-0.1, -0.05) is 27.5 Å². The summed E-state index contributed by atoms with van der Waals surface area (Å²) in [5, 5.41) is 8.49. The van der Waals surface area contributed by atoms with Crippen LogP contribution in [-0.4, -0.2) is 15.0 Å². The first kappa shape index (κ1) is 14.5. The van der Waals surface area contributed by atoms with E-state index in [1.165, 1.54) is 12.1 Å². The molecule has 0 spiro atoms. The number of hydrogen-bond donors (Lipinski definition) is 1. The average molecular weight is 338 g/mol. The molecule has 0 fully saturated rings. The number of rotatable bonds is 5. The highest BCUT2D eigenvalue weighted by atomic mass is 79.9. The predicted octanol–water partition coefficient (Wildman–Crippen LogP) is 2.68. The summed E-state index contributed by atoms with van der Waals surface area (Å²) in [6, 6.07) is 6.50. The molecule has 0 heterocycles. The number of nitrogens with zero attached hydrogens (tertiary/aromatic N) is 1. The maximum absolute atomic E-state index is 11.8. The van der Waals surface area contributed by atoms with Crippen LogP contribution in [0.4, 0.5) is 0 Å². The third-order valence-corrected chi connectivity index (χ3v) is 4.38. The van der Waals surface area contributed by atoms with Crippen molar-refractivity contribution in [2.24, 2.45) is 0 Å². The van der Waals surface area contributed by atoms with Crippen molar-refractivity contribution in [3.63, 3.8) is 0 Å². The Morgan fingerprint density at radius 3 is 2.76 bits per heavy atom. The Balaban J connectivity index is 2.80. The number of nitriles is 1. The highest BCUT2D eigenvalue weighted by molar-refractivity contribution is 9.10. The second kappa shape index (κ2) is 6.36. The second-order valence-electron chi connectivity index (χ2n) is 3.23. The lowest BCUT2D eigenvalue weighted by Crippen LogP contribution is -2.25. The number of unbranched alkanes of at least 4 members (excludes halogenated alkanes) is 1. The lowest BCUT2D eigenvalue weighted by atomic mass is 10.3. The van der Waals surface area contributed by atoms with Crippen molar-refractivity contribution in [3.05, 3.63) is 27.7 Å². The van der Waals surface area contributed by atoms with E-state index in [4.69, 9.17) is 16.9 Å². The van der Waals surface area contributed by atoms with Crippen LogP contribution in [-0.2, 0) is 10.0 Å². The van der Waals surface area contributed by atoms with Gasteiger partial charge in [-0.15, -0.1) is 0 Å². The van der Waals surface area contributed by atoms with Crippen LogP contribution in [0.3, 0.4) is 0 Å². The first-order chi connectivity index (χ1) is 7.97. The summed E-state index contributed by atoms with van der Waals surface area (Å²) in [6.45, 7) is 0.224. The summed E-state index contributed by atoms with van der Waals surface area (Å²) in [4.78, 5) is 0.0410. The van der Waals surface area contributed by atoms with E-state index >= 15 is 0 Å². The molecule has 0 aliphatic carbocycles. The second-order valence-corrected chi connectivity index (χ2v) is 6.29. The van der Waals surface area contributed by atoms with E-state index in [0.717, 1.165) is 0 Å². The molecule has 0 bridgehead atoms. The van der Waals surface area contributed by atoms with Crippen LogP contribution in [0.25, 0.3) is 0 Å². The standard InChI is InChI=1S/C10H10BrClN2O2S/c11-8-3-4-10(9(12)7-8)17(15,16)14-6-2-1-5-13/h3-4,7,14H,1-2,6H2. The third kappa shape index (κ3) is 4.28. The molecule has 0 aliphatic rings. The fourth-order valence-corrected chi connectivity index (χ4v) is 3.25. The van der Waals surface area contributed by atoms with Crippen LogP contribution in [0.15, 0.2) is 27.6 Å². The van der Waals surface area contributed by atoms with Crippen molar-refractivity contribution >= 4 is 37.6 Å². The maximum atomic E-state index is 11.8. The van der Waals surface area contributed by atoms with Crippen molar-refractivity contribution in [2.75, 3.05) is 6.54 Å². The largest absolute Gasteiger partial charge is 0.242 e. The average Bonchev–Trinajstić information content (AvgIpc) is 2.24. The monoisotopic (exact) mass is 336 g/mol. The molecule has 1 aromatic rings. The Hall–Kier alpha value is -0.610. The molecule has 0 atom stereocenters. The zero-order valence-electron chi connectivity index (χ0n) is 8.78. The van der Waals surface area contributed by atoms with Gasteiger partial charge in [0.1, 0.15) is 4.90 Å². The van der Waals surface area contributed by atoms with E-state index in [-0.39, 0.29) is 16.5 Å². The van der Waals surface area contributed by atoms with Gasteiger partial charge in [-0.05, 0) is 24.6 Å². The Labute approximate surface area is 114 Å². The summed E-state index contributed by atoms with van der Waals surface area (Å²) >= 11 is 9.05. The lowest BCUT2D eigenvalue weighted by Gasteiger charge is -2.07. The maximum Gasteiger partial charge on any atom is 0.242 e. The fourth-order valence-electron chi connectivity index (χ4n) is 1.14. The fraction of sp³-hybridized carbons (Fsp3) is 0.300. The molecule has 4 nitrogen and oxygen atoms in total. The van der Waals surface area contributed by atoms with Crippen LogP contribution in [0, 0.1) is 11.3 Å². The van der Waals surface area contributed by atoms with E-state index in [9.17, 15) is 8.42 Å². The van der Waals surface area contributed by atoms with Gasteiger partial charge in [0, 0.05) is 17.4 Å². The molecule has 0 radical (unpaired) electrons. The van der Waals surface area contributed by atoms with Crippen molar-refractivity contribution in [3.8, 4) is 6.07 Å². The van der Waals surface area contributed by atoms with Gasteiger partial charge in [0.05, 0.1) is 11.1 Å². The quantitative estimate of drug-likeness (QED) is 0.840. The first-order valence-electron chi connectivity index (χ1n) is 4.79. The molecule has 1 N–H and O–H groups in total. The first-order valence-corrected chi connectivity index (χ1v) is 7.44. The smallest absolute Gasteiger partial charge is 0.211 e. The molecule has 17 heavy (non-hydrogen) atoms. The Morgan fingerprint density at radius 1 is 1.47 bits per heavy atom. The van der Waals surface area contributed by atoms with Crippen LogP contribution in [0.1, 0.15) is 12.8 Å². The van der Waals surface area contributed by atoms with Crippen molar-refractivity contribution in [1.82, 2.24) is 4.72 Å². The van der Waals surface area contributed by atoms with Crippen molar-refractivity contribution < 1.29 is 8.42 Å². The summed E-state index contributed by atoms with van der Waals surface area (Å²) in [5.41, 5.74) is 0.